The maximum atomic E-state index is 6.65. The quantitative estimate of drug-likeness (QED) is 0.120. The largest absolute Gasteiger partial charge is 0.456 e. The number of furan rings is 1. The second-order valence-corrected chi connectivity index (χ2v) is 35.8. The van der Waals surface area contributed by atoms with E-state index in [1.54, 1.807) is 0 Å². The summed E-state index contributed by atoms with van der Waals surface area (Å²) in [6, 6.07) is 153. The van der Waals surface area contributed by atoms with Crippen molar-refractivity contribution in [2.24, 2.45) is 0 Å². The number of benzene rings is 18. The standard InChI is InChI=1S/C58H35N3OS.C58H35N3S2/c1-3-13-37(14-4-1)55-59-56(38-15-5-2-6-16-38)61-57(60-55)40-26-31-46-45-30-25-39(33-51(45)62-52(46)34-40)36-23-27-41(28-24-36)58(49-20-10-7-17-43(49)44-18-8-11-21-50(44)58)42-29-32-48-47-19-9-12-22-53(47)63-54(48)35-42;1-3-13-37(14-4-1)55-59-56(38-15-5-2-6-16-38)61-57(60-55)40-26-32-53-48(34-40)47-33-39(25-31-52(47)62-53)36-23-27-41(28-24-36)58(49-20-10-7-17-43(49)44-18-8-11-21-50(44)58)42-29-30-46-45-19-9-12-22-51(45)63-54(46)35-42/h2*1-35H. The molecule has 588 valence electrons. The Morgan fingerprint density at radius 2 is 0.429 bits per heavy atom. The molecular formula is C116H70N6OS3. The fraction of sp³-hybridized carbons (Fsp3) is 0.0172. The Morgan fingerprint density at radius 3 is 0.833 bits per heavy atom. The molecule has 6 heterocycles. The van der Waals surface area contributed by atoms with Gasteiger partial charge in [-0.3, -0.25) is 0 Å². The van der Waals surface area contributed by atoms with Crippen LogP contribution in [-0.2, 0) is 10.8 Å². The first-order valence-corrected chi connectivity index (χ1v) is 44.9. The van der Waals surface area contributed by atoms with Gasteiger partial charge in [-0.2, -0.15) is 0 Å². The predicted octanol–water partition coefficient (Wildman–Crippen LogP) is 30.8. The number of rotatable bonds is 12. The molecule has 0 aliphatic heterocycles. The van der Waals surface area contributed by atoms with E-state index in [1.165, 1.54) is 138 Å². The molecule has 2 aliphatic rings. The minimum atomic E-state index is -0.487. The minimum absolute atomic E-state index is 0.476. The lowest BCUT2D eigenvalue weighted by molar-refractivity contribution is 0.669. The zero-order valence-corrected chi connectivity index (χ0v) is 70.2. The van der Waals surface area contributed by atoms with Crippen molar-refractivity contribution in [1.82, 2.24) is 29.9 Å². The van der Waals surface area contributed by atoms with Crippen LogP contribution in [0.5, 0.6) is 0 Å². The lowest BCUT2D eigenvalue weighted by Crippen LogP contribution is -2.28. The first-order valence-electron chi connectivity index (χ1n) is 42.5. The third-order valence-electron chi connectivity index (χ3n) is 25.7. The van der Waals surface area contributed by atoms with Gasteiger partial charge in [-0.1, -0.05) is 346 Å². The Labute approximate surface area is 737 Å². The summed E-state index contributed by atoms with van der Waals surface area (Å²) in [5, 5.41) is 9.80. The van der Waals surface area contributed by atoms with Gasteiger partial charge < -0.3 is 4.42 Å². The van der Waals surface area contributed by atoms with Crippen LogP contribution >= 0.6 is 34.0 Å². The molecule has 0 N–H and O–H groups in total. The molecule has 0 atom stereocenters. The number of hydrogen-bond donors (Lipinski definition) is 0. The molecule has 0 radical (unpaired) electrons. The van der Waals surface area contributed by atoms with Gasteiger partial charge in [0.1, 0.15) is 11.2 Å². The molecular weight excluding hydrogens is 1590 g/mol. The van der Waals surface area contributed by atoms with Gasteiger partial charge in [0.15, 0.2) is 34.9 Å². The summed E-state index contributed by atoms with van der Waals surface area (Å²) in [5.74, 6) is 3.83. The van der Waals surface area contributed by atoms with Crippen molar-refractivity contribution >= 4 is 116 Å². The third-order valence-corrected chi connectivity index (χ3v) is 29.1. The molecule has 0 spiro atoms. The SMILES string of the molecule is c1ccc(-c2nc(-c3ccccc3)nc(-c3ccc4c(c3)oc3cc(-c5ccc(C6(c7ccc8c(c7)sc7ccccc78)c7ccccc7-c7ccccc76)cc5)ccc34)n2)cc1.c1ccc(-c2nc(-c3ccccc3)nc(-c3ccc4sc5ccc(-c6ccc(C7(c8ccc9c(c8)sc8ccccc89)c8ccccc8-c8ccccc87)cc6)cc5c4c3)n2)cc1. The van der Waals surface area contributed by atoms with Gasteiger partial charge in [-0.05, 0) is 168 Å². The summed E-state index contributed by atoms with van der Waals surface area (Å²) in [6.07, 6.45) is 0. The average Bonchev–Trinajstić information content (AvgIpc) is 1.53. The molecule has 10 heteroatoms. The highest BCUT2D eigenvalue weighted by Gasteiger charge is 2.48. The molecule has 0 amide bonds. The van der Waals surface area contributed by atoms with Crippen LogP contribution in [-0.4, -0.2) is 29.9 Å². The van der Waals surface area contributed by atoms with Crippen LogP contribution in [0.1, 0.15) is 44.5 Å². The van der Waals surface area contributed by atoms with Gasteiger partial charge in [-0.25, -0.2) is 29.9 Å². The Balaban J connectivity index is 0.000000137. The van der Waals surface area contributed by atoms with E-state index < -0.39 is 10.8 Å². The second-order valence-electron chi connectivity index (χ2n) is 32.6. The second kappa shape index (κ2) is 29.6. The van der Waals surface area contributed by atoms with Crippen LogP contribution in [0.25, 0.3) is 195 Å². The molecule has 7 nitrogen and oxygen atoms in total. The molecule has 126 heavy (non-hydrogen) atoms. The van der Waals surface area contributed by atoms with Crippen LogP contribution in [0.2, 0.25) is 0 Å². The van der Waals surface area contributed by atoms with E-state index in [9.17, 15) is 0 Å². The van der Waals surface area contributed by atoms with Crippen LogP contribution in [0.15, 0.2) is 429 Å². The Hall–Kier alpha value is -15.6. The van der Waals surface area contributed by atoms with E-state index in [-0.39, 0.29) is 0 Å². The van der Waals surface area contributed by atoms with Gasteiger partial charge >= 0.3 is 0 Å². The summed E-state index contributed by atoms with van der Waals surface area (Å²) in [4.78, 5) is 29.8. The smallest absolute Gasteiger partial charge is 0.164 e. The van der Waals surface area contributed by atoms with Crippen molar-refractivity contribution in [1.29, 1.82) is 0 Å². The number of fused-ring (bicyclic) bond motifs is 18. The summed E-state index contributed by atoms with van der Waals surface area (Å²) in [6.45, 7) is 0. The maximum Gasteiger partial charge on any atom is 0.164 e. The van der Waals surface area contributed by atoms with Crippen LogP contribution < -0.4 is 0 Å². The summed E-state index contributed by atoms with van der Waals surface area (Å²) in [7, 11) is 0. The minimum Gasteiger partial charge on any atom is -0.456 e. The Bertz CT molecular complexity index is 8260. The fourth-order valence-electron chi connectivity index (χ4n) is 19.9. The van der Waals surface area contributed by atoms with Gasteiger partial charge in [0.05, 0.1) is 10.8 Å². The highest BCUT2D eigenvalue weighted by atomic mass is 32.1. The van der Waals surface area contributed by atoms with Crippen molar-refractivity contribution < 1.29 is 4.42 Å². The van der Waals surface area contributed by atoms with Gasteiger partial charge in [0, 0.05) is 105 Å². The monoisotopic (exact) mass is 1660 g/mol. The van der Waals surface area contributed by atoms with E-state index in [2.05, 4.69) is 303 Å². The zero-order valence-electron chi connectivity index (χ0n) is 67.7. The number of nitrogens with zero attached hydrogens (tertiary/aromatic N) is 6. The Morgan fingerprint density at radius 1 is 0.167 bits per heavy atom. The lowest BCUT2D eigenvalue weighted by Gasteiger charge is -2.34. The predicted molar refractivity (Wildman–Crippen MR) is 524 cm³/mol. The molecule has 0 fully saturated rings. The first-order chi connectivity index (χ1) is 62.4. The molecule has 0 bridgehead atoms. The summed E-state index contributed by atoms with van der Waals surface area (Å²) in [5.41, 5.74) is 26.4. The molecule has 0 saturated heterocycles. The van der Waals surface area contributed by atoms with Crippen molar-refractivity contribution in [2.75, 3.05) is 0 Å². The molecule has 0 unspecified atom stereocenters. The van der Waals surface area contributed by atoms with E-state index in [0.717, 1.165) is 66.4 Å². The number of aromatic nitrogens is 6. The summed E-state index contributed by atoms with van der Waals surface area (Å²) < 4.78 is 14.4. The van der Waals surface area contributed by atoms with E-state index in [0.29, 0.717) is 34.9 Å². The summed E-state index contributed by atoms with van der Waals surface area (Å²) >= 11 is 5.58. The maximum absolute atomic E-state index is 6.65. The average molecular weight is 1660 g/mol. The topological polar surface area (TPSA) is 90.5 Å². The van der Waals surface area contributed by atoms with Gasteiger partial charge in [0.25, 0.3) is 0 Å². The highest BCUT2D eigenvalue weighted by Crippen LogP contribution is 2.59. The van der Waals surface area contributed by atoms with E-state index in [4.69, 9.17) is 34.3 Å². The van der Waals surface area contributed by atoms with E-state index >= 15 is 0 Å². The zero-order chi connectivity index (χ0) is 83.0. The lowest BCUT2D eigenvalue weighted by atomic mass is 9.67. The molecule has 2 aliphatic carbocycles. The van der Waals surface area contributed by atoms with Crippen LogP contribution in [0.4, 0.5) is 0 Å². The Kier molecular flexibility index (Phi) is 17.2. The van der Waals surface area contributed by atoms with Crippen molar-refractivity contribution in [3.63, 3.8) is 0 Å². The molecule has 0 saturated carbocycles. The third kappa shape index (κ3) is 11.9. The number of hydrogen-bond acceptors (Lipinski definition) is 10. The first kappa shape index (κ1) is 73.2. The normalized spacial score (nSPS) is 12.9. The van der Waals surface area contributed by atoms with Crippen molar-refractivity contribution in [2.45, 2.75) is 10.8 Å². The fourth-order valence-corrected chi connectivity index (χ4v) is 23.2. The number of thiophene rings is 3. The molecule has 26 rings (SSSR count). The molecule has 18 aromatic carbocycles. The van der Waals surface area contributed by atoms with Crippen LogP contribution in [0.3, 0.4) is 0 Å². The van der Waals surface area contributed by atoms with Crippen molar-refractivity contribution in [3.05, 3.63) is 469 Å². The molecule has 6 aromatic heterocycles. The van der Waals surface area contributed by atoms with Gasteiger partial charge in [0.2, 0.25) is 0 Å². The van der Waals surface area contributed by atoms with Crippen LogP contribution in [0, 0.1) is 0 Å². The van der Waals surface area contributed by atoms with Crippen molar-refractivity contribution in [3.8, 4) is 113 Å². The van der Waals surface area contributed by atoms with E-state index in [1.807, 2.05) is 155 Å². The molecule has 24 aromatic rings. The highest BCUT2D eigenvalue weighted by molar-refractivity contribution is 7.26. The van der Waals surface area contributed by atoms with Gasteiger partial charge in [-0.15, -0.1) is 34.0 Å².